The average Bonchev–Trinajstić information content (AvgIpc) is 2.90. The molecule has 1 unspecified atom stereocenters. The van der Waals surface area contributed by atoms with Crippen LogP contribution >= 0.6 is 34.8 Å². The Labute approximate surface area is 247 Å². The first-order chi connectivity index (χ1) is 19.1. The molecule has 5 rings (SSSR count). The Morgan fingerprint density at radius 2 is 1.85 bits per heavy atom. The quantitative estimate of drug-likeness (QED) is 0.321. The van der Waals surface area contributed by atoms with Crippen molar-refractivity contribution in [3.63, 3.8) is 0 Å². The van der Waals surface area contributed by atoms with Gasteiger partial charge in [0.1, 0.15) is 24.0 Å². The molecule has 0 amide bonds. The molecule has 0 aromatic heterocycles. The average molecular weight is 597 g/mol. The molecule has 1 aliphatic carbocycles. The van der Waals surface area contributed by atoms with Gasteiger partial charge in [0.15, 0.2) is 5.78 Å². The molecule has 2 N–H and O–H groups in total. The highest BCUT2D eigenvalue weighted by molar-refractivity contribution is 6.36. The van der Waals surface area contributed by atoms with Crippen LogP contribution < -0.4 is 15.4 Å². The molecule has 204 valence electrons. The van der Waals surface area contributed by atoms with Crippen molar-refractivity contribution >= 4 is 46.3 Å². The summed E-state index contributed by atoms with van der Waals surface area (Å²) >= 11 is 18.9. The number of ether oxygens (including phenoxy) is 1. The van der Waals surface area contributed by atoms with E-state index in [1.807, 2.05) is 26.0 Å². The number of carbonyl (C=O) groups excluding carboxylic acids is 1. The van der Waals surface area contributed by atoms with Crippen LogP contribution in [0.15, 0.2) is 71.2 Å². The molecule has 0 fully saturated rings. The predicted octanol–water partition coefficient (Wildman–Crippen LogP) is 8.29. The van der Waals surface area contributed by atoms with E-state index in [9.17, 15) is 14.4 Å². The minimum Gasteiger partial charge on any atom is -0.487 e. The Balaban J connectivity index is 1.64. The second kappa shape index (κ2) is 11.2. The molecule has 0 saturated carbocycles. The first-order valence-corrected chi connectivity index (χ1v) is 13.8. The molecular formula is C31H25Cl3FN3O2. The predicted molar refractivity (Wildman–Crippen MR) is 156 cm³/mol. The van der Waals surface area contributed by atoms with Gasteiger partial charge in [-0.3, -0.25) is 9.69 Å². The summed E-state index contributed by atoms with van der Waals surface area (Å²) in [5.41, 5.74) is 12.3. The third-order valence-electron chi connectivity index (χ3n) is 7.35. The van der Waals surface area contributed by atoms with Crippen LogP contribution in [0, 0.1) is 31.0 Å². The molecule has 3 aromatic carbocycles. The number of halogens is 4. The van der Waals surface area contributed by atoms with Crippen LogP contribution in [0.3, 0.4) is 0 Å². The molecule has 0 radical (unpaired) electrons. The summed E-state index contributed by atoms with van der Waals surface area (Å²) in [4.78, 5) is 15.3. The van der Waals surface area contributed by atoms with Crippen molar-refractivity contribution in [3.05, 3.63) is 114 Å². The number of Topliss-reactive ketones (excluding diaryl/α,β-unsaturated/α-hetero) is 1. The molecule has 9 heteroatoms. The van der Waals surface area contributed by atoms with Crippen LogP contribution in [-0.2, 0) is 11.4 Å². The van der Waals surface area contributed by atoms with E-state index in [0.29, 0.717) is 46.3 Å². The Hall–Kier alpha value is -3.50. The summed E-state index contributed by atoms with van der Waals surface area (Å²) < 4.78 is 19.4. The maximum absolute atomic E-state index is 13.6. The molecule has 1 heterocycles. The molecule has 0 saturated heterocycles. The fourth-order valence-corrected chi connectivity index (χ4v) is 6.21. The van der Waals surface area contributed by atoms with Crippen LogP contribution in [-0.4, -0.2) is 5.78 Å². The third-order valence-corrected chi connectivity index (χ3v) is 8.18. The van der Waals surface area contributed by atoms with Crippen molar-refractivity contribution < 1.29 is 13.9 Å². The number of benzene rings is 3. The molecule has 3 aromatic rings. The van der Waals surface area contributed by atoms with Crippen molar-refractivity contribution in [1.29, 1.82) is 5.26 Å². The second-order valence-electron chi connectivity index (χ2n) is 9.91. The summed E-state index contributed by atoms with van der Waals surface area (Å²) in [6.45, 7) is 4.03. The van der Waals surface area contributed by atoms with Gasteiger partial charge in [0.05, 0.1) is 33.3 Å². The standard InChI is InChI=1S/C31H25Cl3FN3O2/c1-16-10-18(15-40-28-9-7-20(35)13-24(28)34)17(2)21(11-16)29-22(14-36)31(37)38(25-8-6-19(32)12-23(25)33)26-4-3-5-27(39)30(26)29/h6-13,29H,3-5,15,37H2,1-2H3. The van der Waals surface area contributed by atoms with E-state index in [1.165, 1.54) is 18.2 Å². The van der Waals surface area contributed by atoms with Crippen LogP contribution in [0.25, 0.3) is 0 Å². The first-order valence-electron chi connectivity index (χ1n) is 12.7. The first kappa shape index (κ1) is 28.0. The number of ketones is 1. The zero-order valence-electron chi connectivity index (χ0n) is 21.8. The second-order valence-corrected chi connectivity index (χ2v) is 11.2. The van der Waals surface area contributed by atoms with Crippen molar-refractivity contribution in [1.82, 2.24) is 0 Å². The molecule has 40 heavy (non-hydrogen) atoms. The monoisotopic (exact) mass is 595 g/mol. The highest BCUT2D eigenvalue weighted by atomic mass is 35.5. The summed E-state index contributed by atoms with van der Waals surface area (Å²) in [6, 6.07) is 15.3. The largest absolute Gasteiger partial charge is 0.487 e. The molecule has 0 spiro atoms. The SMILES string of the molecule is Cc1cc(COc2ccc(F)cc2Cl)c(C)c(C2C(C#N)=C(N)N(c3ccc(Cl)cc3Cl)C3=C2C(=O)CCC3)c1. The van der Waals surface area contributed by atoms with E-state index in [-0.39, 0.29) is 28.8 Å². The van der Waals surface area contributed by atoms with E-state index >= 15 is 0 Å². The van der Waals surface area contributed by atoms with E-state index in [2.05, 4.69) is 6.07 Å². The lowest BCUT2D eigenvalue weighted by Gasteiger charge is -2.40. The maximum atomic E-state index is 13.6. The lowest BCUT2D eigenvalue weighted by Crippen LogP contribution is -2.39. The minimum absolute atomic E-state index is 0.0293. The van der Waals surface area contributed by atoms with Crippen LogP contribution in [0.4, 0.5) is 10.1 Å². The van der Waals surface area contributed by atoms with Gasteiger partial charge in [-0.15, -0.1) is 0 Å². The molecule has 0 bridgehead atoms. The number of allylic oxidation sites excluding steroid dienone is 3. The van der Waals surface area contributed by atoms with E-state index in [0.717, 1.165) is 28.0 Å². The van der Waals surface area contributed by atoms with Gasteiger partial charge < -0.3 is 10.5 Å². The van der Waals surface area contributed by atoms with Gasteiger partial charge in [0.25, 0.3) is 0 Å². The normalized spacial score (nSPS) is 17.2. The lowest BCUT2D eigenvalue weighted by molar-refractivity contribution is -0.116. The number of nitrogens with zero attached hydrogens (tertiary/aromatic N) is 2. The lowest BCUT2D eigenvalue weighted by atomic mass is 9.73. The fourth-order valence-electron chi connectivity index (χ4n) is 5.50. The minimum atomic E-state index is -0.650. The third kappa shape index (κ3) is 5.06. The number of hydrogen-bond donors (Lipinski definition) is 1. The highest BCUT2D eigenvalue weighted by Gasteiger charge is 2.41. The zero-order chi connectivity index (χ0) is 28.7. The Morgan fingerprint density at radius 1 is 1.07 bits per heavy atom. The molecule has 1 aliphatic heterocycles. The van der Waals surface area contributed by atoms with E-state index < -0.39 is 11.7 Å². The van der Waals surface area contributed by atoms with Gasteiger partial charge in [-0.05, 0) is 79.8 Å². The number of anilines is 1. The van der Waals surface area contributed by atoms with Crippen LogP contribution in [0.2, 0.25) is 15.1 Å². The van der Waals surface area contributed by atoms with Crippen molar-refractivity contribution in [2.45, 2.75) is 45.6 Å². The summed E-state index contributed by atoms with van der Waals surface area (Å²) in [5.74, 6) is -0.552. The topological polar surface area (TPSA) is 79.3 Å². The van der Waals surface area contributed by atoms with Gasteiger partial charge in [-0.25, -0.2) is 4.39 Å². The molecule has 5 nitrogen and oxygen atoms in total. The molecule has 2 aliphatic rings. The highest BCUT2D eigenvalue weighted by Crippen LogP contribution is 2.48. The summed E-state index contributed by atoms with van der Waals surface area (Å²) in [7, 11) is 0. The Bertz CT molecular complexity index is 1660. The van der Waals surface area contributed by atoms with Crippen LogP contribution in [0.5, 0.6) is 5.75 Å². The van der Waals surface area contributed by atoms with Gasteiger partial charge in [-0.1, -0.05) is 52.5 Å². The van der Waals surface area contributed by atoms with Crippen molar-refractivity contribution in [2.24, 2.45) is 5.73 Å². The van der Waals surface area contributed by atoms with Gasteiger partial charge in [-0.2, -0.15) is 5.26 Å². The maximum Gasteiger partial charge on any atom is 0.161 e. The Morgan fingerprint density at radius 3 is 2.55 bits per heavy atom. The summed E-state index contributed by atoms with van der Waals surface area (Å²) in [6.07, 6.45) is 1.63. The number of nitrogens with two attached hydrogens (primary N) is 1. The number of hydrogen-bond acceptors (Lipinski definition) is 5. The van der Waals surface area contributed by atoms with E-state index in [4.69, 9.17) is 45.3 Å². The Kier molecular flexibility index (Phi) is 7.83. The summed E-state index contributed by atoms with van der Waals surface area (Å²) in [5, 5.41) is 11.4. The number of aryl methyl sites for hydroxylation is 1. The van der Waals surface area contributed by atoms with Gasteiger partial charge >= 0.3 is 0 Å². The van der Waals surface area contributed by atoms with Crippen molar-refractivity contribution in [2.75, 3.05) is 4.90 Å². The van der Waals surface area contributed by atoms with E-state index in [1.54, 1.807) is 23.1 Å². The van der Waals surface area contributed by atoms with Gasteiger partial charge in [0.2, 0.25) is 0 Å². The fraction of sp³-hybridized carbons (Fsp3) is 0.226. The zero-order valence-corrected chi connectivity index (χ0v) is 24.1. The molecular weight excluding hydrogens is 572 g/mol. The smallest absolute Gasteiger partial charge is 0.161 e. The number of carbonyl (C=O) groups is 1. The van der Waals surface area contributed by atoms with Crippen LogP contribution in [0.1, 0.15) is 47.4 Å². The van der Waals surface area contributed by atoms with Gasteiger partial charge in [0, 0.05) is 22.7 Å². The number of rotatable bonds is 5. The van der Waals surface area contributed by atoms with Crippen molar-refractivity contribution in [3.8, 4) is 11.8 Å². The number of nitriles is 1. The molecule has 1 atom stereocenters.